The van der Waals surface area contributed by atoms with Crippen molar-refractivity contribution in [1.29, 1.82) is 0 Å². The first kappa shape index (κ1) is 25.2. The fourth-order valence-electron chi connectivity index (χ4n) is 5.33. The number of hydrogen-bond donors (Lipinski definition) is 2. The van der Waals surface area contributed by atoms with Crippen molar-refractivity contribution in [1.82, 2.24) is 15.3 Å². The molecule has 1 saturated heterocycles. The highest BCUT2D eigenvalue weighted by molar-refractivity contribution is 7.93. The highest BCUT2D eigenvalue weighted by Gasteiger charge is 2.52. The molecule has 1 aromatic carbocycles. The number of anilines is 1. The first-order chi connectivity index (χ1) is 17.0. The monoisotopic (exact) mass is 547 g/mol. The Morgan fingerprint density at radius 2 is 2.11 bits per heavy atom. The van der Waals surface area contributed by atoms with Crippen LogP contribution in [0, 0.1) is 11.7 Å². The van der Waals surface area contributed by atoms with E-state index in [1.165, 1.54) is 6.20 Å². The van der Waals surface area contributed by atoms with E-state index in [4.69, 9.17) is 4.74 Å². The van der Waals surface area contributed by atoms with Gasteiger partial charge in [0.25, 0.3) is 10.0 Å². The normalized spacial score (nSPS) is 28.9. The number of benzene rings is 1. The van der Waals surface area contributed by atoms with Crippen molar-refractivity contribution in [3.05, 3.63) is 35.1 Å². The summed E-state index contributed by atoms with van der Waals surface area (Å²) in [7, 11) is -4.27. The summed E-state index contributed by atoms with van der Waals surface area (Å²) in [5, 5.41) is 5.74. The fourth-order valence-corrected chi connectivity index (χ4v) is 7.19. The van der Waals surface area contributed by atoms with Gasteiger partial charge in [0.1, 0.15) is 16.5 Å². The van der Waals surface area contributed by atoms with Crippen LogP contribution in [0.25, 0.3) is 0 Å². The van der Waals surface area contributed by atoms with Crippen molar-refractivity contribution < 1.29 is 30.7 Å². The largest absolute Gasteiger partial charge is 0.493 e. The van der Waals surface area contributed by atoms with Crippen LogP contribution in [0.4, 0.5) is 22.7 Å². The lowest BCUT2D eigenvalue weighted by Gasteiger charge is -2.51. The summed E-state index contributed by atoms with van der Waals surface area (Å²) in [6, 6.07) is 1.30. The maximum absolute atomic E-state index is 15.2. The van der Waals surface area contributed by atoms with Crippen LogP contribution in [0.15, 0.2) is 33.7 Å². The molecule has 1 unspecified atom stereocenters. The topological polar surface area (TPSA) is 95.9 Å². The Balaban J connectivity index is 1.48. The van der Waals surface area contributed by atoms with Gasteiger partial charge in [-0.25, -0.2) is 17.8 Å². The molecule has 0 amide bonds. The van der Waals surface area contributed by atoms with Crippen LogP contribution in [0.3, 0.4) is 0 Å². The Kier molecular flexibility index (Phi) is 6.40. The van der Waals surface area contributed by atoms with E-state index in [0.717, 1.165) is 23.5 Å². The number of fused-ring (bicyclic) bond motifs is 1. The molecule has 0 spiro atoms. The maximum atomic E-state index is 15.2. The number of halogens is 4. The van der Waals surface area contributed by atoms with E-state index >= 15 is 4.39 Å². The number of alkyl halides is 3. The van der Waals surface area contributed by atoms with Crippen LogP contribution in [-0.4, -0.2) is 55.4 Å². The number of hydrogen-bond acceptors (Lipinski definition) is 8. The van der Waals surface area contributed by atoms with Crippen LogP contribution in [0.2, 0.25) is 0 Å². The van der Waals surface area contributed by atoms with Crippen LogP contribution >= 0.6 is 11.3 Å². The third kappa shape index (κ3) is 4.65. The predicted octanol–water partition coefficient (Wildman–Crippen LogP) is 4.29. The van der Waals surface area contributed by atoms with Crippen molar-refractivity contribution >= 4 is 32.7 Å². The smallest absolute Gasteiger partial charge is 0.391 e. The van der Waals surface area contributed by atoms with Crippen molar-refractivity contribution in [2.45, 2.75) is 61.3 Å². The van der Waals surface area contributed by atoms with Crippen molar-refractivity contribution in [3.8, 4) is 5.75 Å². The molecular weight excluding hydrogens is 522 g/mol. The minimum Gasteiger partial charge on any atom is -0.493 e. The van der Waals surface area contributed by atoms with Gasteiger partial charge in [-0.2, -0.15) is 18.3 Å². The van der Waals surface area contributed by atoms with Crippen molar-refractivity contribution in [2.24, 2.45) is 11.0 Å². The molecule has 14 heteroatoms. The van der Waals surface area contributed by atoms with Gasteiger partial charge in [-0.15, -0.1) is 11.3 Å². The highest BCUT2D eigenvalue weighted by Crippen LogP contribution is 2.47. The van der Waals surface area contributed by atoms with E-state index in [1.807, 2.05) is 11.8 Å². The third-order valence-corrected chi connectivity index (χ3v) is 9.36. The molecule has 4 atom stereocenters. The van der Waals surface area contributed by atoms with Crippen LogP contribution in [0.1, 0.15) is 44.2 Å². The lowest BCUT2D eigenvalue weighted by atomic mass is 9.77. The zero-order valence-corrected chi connectivity index (χ0v) is 20.9. The Bertz CT molecular complexity index is 1250. The molecule has 2 N–H and O–H groups in total. The maximum Gasteiger partial charge on any atom is 0.391 e. The van der Waals surface area contributed by atoms with Gasteiger partial charge in [0.15, 0.2) is 5.13 Å². The average Bonchev–Trinajstić information content (AvgIpc) is 3.49. The number of rotatable bonds is 5. The summed E-state index contributed by atoms with van der Waals surface area (Å²) in [5.41, 5.74) is 2.69. The lowest BCUT2D eigenvalue weighted by molar-refractivity contribution is -0.195. The Hall–Kier alpha value is -2.45. The number of sulfonamides is 1. The van der Waals surface area contributed by atoms with Crippen LogP contribution < -0.4 is 14.9 Å². The number of hydrazone groups is 1. The minimum atomic E-state index is -4.31. The first-order valence-electron chi connectivity index (χ1n) is 11.5. The number of likely N-dealkylation sites (tertiary alicyclic amines) is 1. The summed E-state index contributed by atoms with van der Waals surface area (Å²) in [6.07, 6.45) is -0.537. The van der Waals surface area contributed by atoms with E-state index in [-0.39, 0.29) is 36.9 Å². The summed E-state index contributed by atoms with van der Waals surface area (Å²) in [6.45, 7) is 2.22. The molecule has 0 saturated carbocycles. The molecule has 196 valence electrons. The van der Waals surface area contributed by atoms with Gasteiger partial charge >= 0.3 is 6.18 Å². The van der Waals surface area contributed by atoms with Gasteiger partial charge in [0.05, 0.1) is 18.1 Å². The average molecular weight is 548 g/mol. The molecular formula is C22H25F4N5O3S2. The quantitative estimate of drug-likeness (QED) is 0.543. The first-order valence-corrected chi connectivity index (χ1v) is 13.8. The zero-order valence-electron chi connectivity index (χ0n) is 19.3. The molecule has 0 bridgehead atoms. The Morgan fingerprint density at radius 3 is 2.78 bits per heavy atom. The van der Waals surface area contributed by atoms with Gasteiger partial charge < -0.3 is 10.2 Å². The van der Waals surface area contributed by atoms with Crippen molar-refractivity contribution in [3.63, 3.8) is 0 Å². The number of ether oxygens (including phenoxy) is 1. The number of nitrogens with one attached hydrogen (secondary N) is 2. The second kappa shape index (κ2) is 9.14. The van der Waals surface area contributed by atoms with Gasteiger partial charge in [-0.05, 0) is 32.4 Å². The number of thiazole rings is 1. The molecule has 1 fully saturated rings. The van der Waals surface area contributed by atoms with E-state index < -0.39 is 50.5 Å². The van der Waals surface area contributed by atoms with E-state index in [2.05, 4.69) is 20.2 Å². The van der Waals surface area contributed by atoms with E-state index in [9.17, 15) is 21.6 Å². The zero-order chi connectivity index (χ0) is 25.7. The van der Waals surface area contributed by atoms with Gasteiger partial charge in [-0.3, -0.25) is 9.62 Å². The molecule has 0 aliphatic carbocycles. The number of nitrogens with zero attached hydrogens (tertiary/aromatic N) is 3. The molecule has 36 heavy (non-hydrogen) atoms. The minimum absolute atomic E-state index is 0.0731. The molecule has 2 aromatic rings. The Labute approximate surface area is 209 Å². The Morgan fingerprint density at radius 1 is 1.31 bits per heavy atom. The molecule has 3 aliphatic heterocycles. The fraction of sp³-hybridized carbons (Fsp3) is 0.545. The van der Waals surface area contributed by atoms with E-state index in [0.29, 0.717) is 18.4 Å². The lowest BCUT2D eigenvalue weighted by Crippen LogP contribution is -2.61. The summed E-state index contributed by atoms with van der Waals surface area (Å²) >= 11 is 1.05. The van der Waals surface area contributed by atoms with Crippen molar-refractivity contribution in [2.75, 3.05) is 17.9 Å². The van der Waals surface area contributed by atoms with Gasteiger partial charge in [0, 0.05) is 54.3 Å². The molecule has 8 nitrogen and oxygen atoms in total. The molecule has 0 radical (unpaired) electrons. The SMILES string of the molecule is CC1([C@H]2C[C@@H](C(F)(F)F)CCN2[C@@H]2CCOc3cc(S(=O)(=O)Nc4nccs4)c(F)cc32)CC=NN1. The summed E-state index contributed by atoms with van der Waals surface area (Å²) < 4.78 is 89.8. The van der Waals surface area contributed by atoms with Gasteiger partial charge in [0.2, 0.25) is 0 Å². The van der Waals surface area contributed by atoms with Crippen LogP contribution in [-0.2, 0) is 10.0 Å². The molecule has 1 aromatic heterocycles. The highest BCUT2D eigenvalue weighted by atomic mass is 32.2. The molecule has 4 heterocycles. The standard InChI is InChI=1S/C22H25F4N5O3S2/c1-21(4-5-28-30-21)19-10-13(22(24,25)26)2-7-31(19)16-3-8-34-17-12-18(15(23)11-14(16)17)36(32,33)29-20-27-6-9-35-20/h5-6,9,11-13,16,19,30H,2-4,7-8,10H2,1H3,(H,27,29)/t13-,16+,19+,21?/m0/s1. The summed E-state index contributed by atoms with van der Waals surface area (Å²) in [4.78, 5) is 5.26. The number of piperidine rings is 1. The second-order valence-corrected chi connectivity index (χ2v) is 12.0. The molecule has 5 rings (SSSR count). The predicted molar refractivity (Wildman–Crippen MR) is 126 cm³/mol. The summed E-state index contributed by atoms with van der Waals surface area (Å²) in [5.74, 6) is -2.22. The van der Waals surface area contributed by atoms with Gasteiger partial charge in [-0.1, -0.05) is 0 Å². The van der Waals surface area contributed by atoms with E-state index in [1.54, 1.807) is 11.6 Å². The second-order valence-electron chi connectivity index (χ2n) is 9.48. The third-order valence-electron chi connectivity index (χ3n) is 7.18. The number of aromatic nitrogens is 1. The van der Waals surface area contributed by atoms with Crippen LogP contribution in [0.5, 0.6) is 5.75 Å². The molecule has 3 aliphatic rings.